The van der Waals surface area contributed by atoms with Crippen LogP contribution in [0.3, 0.4) is 0 Å². The summed E-state index contributed by atoms with van der Waals surface area (Å²) in [6.07, 6.45) is 2.63. The van der Waals surface area contributed by atoms with E-state index < -0.39 is 0 Å². The first-order chi connectivity index (χ1) is 8.04. The van der Waals surface area contributed by atoms with Crippen LogP contribution in [0.4, 0.5) is 4.79 Å². The van der Waals surface area contributed by atoms with E-state index in [2.05, 4.69) is 4.74 Å². The van der Waals surface area contributed by atoms with Crippen molar-refractivity contribution < 1.29 is 19.1 Å². The Morgan fingerprint density at radius 2 is 2.06 bits per heavy atom. The van der Waals surface area contributed by atoms with Gasteiger partial charge in [0.2, 0.25) is 0 Å². The van der Waals surface area contributed by atoms with E-state index in [0.29, 0.717) is 6.54 Å². The zero-order chi connectivity index (χ0) is 12.8. The smallest absolute Gasteiger partial charge is 0.410 e. The normalized spacial score (nSPS) is 20.2. The number of carbonyl (C=O) groups is 2. The number of likely N-dealkylation sites (tertiary alicyclic amines) is 1. The minimum Gasteiger partial charge on any atom is -0.469 e. The van der Waals surface area contributed by atoms with Gasteiger partial charge in [0.15, 0.2) is 0 Å². The fourth-order valence-corrected chi connectivity index (χ4v) is 2.00. The number of piperidine rings is 1. The van der Waals surface area contributed by atoms with E-state index in [4.69, 9.17) is 4.74 Å². The van der Waals surface area contributed by atoms with Gasteiger partial charge in [0.25, 0.3) is 0 Å². The lowest BCUT2D eigenvalue weighted by Crippen LogP contribution is -2.45. The number of methoxy groups -OCH3 is 1. The van der Waals surface area contributed by atoms with Gasteiger partial charge >= 0.3 is 12.1 Å². The molecule has 1 fully saturated rings. The molecule has 17 heavy (non-hydrogen) atoms. The summed E-state index contributed by atoms with van der Waals surface area (Å²) in [7, 11) is 1.36. The van der Waals surface area contributed by atoms with Gasteiger partial charge in [-0.15, -0.1) is 0 Å². The maximum Gasteiger partial charge on any atom is 0.410 e. The molecule has 5 nitrogen and oxygen atoms in total. The zero-order valence-electron chi connectivity index (χ0n) is 10.8. The lowest BCUT2D eigenvalue weighted by Gasteiger charge is -2.34. The summed E-state index contributed by atoms with van der Waals surface area (Å²) in [5.74, 6) is -0.278. The van der Waals surface area contributed by atoms with Crippen LogP contribution >= 0.6 is 0 Å². The van der Waals surface area contributed by atoms with E-state index in [1.165, 1.54) is 7.11 Å². The van der Waals surface area contributed by atoms with Gasteiger partial charge in [-0.25, -0.2) is 4.79 Å². The van der Waals surface area contributed by atoms with Crippen LogP contribution < -0.4 is 0 Å². The van der Waals surface area contributed by atoms with Crippen molar-refractivity contribution >= 4 is 12.1 Å². The maximum absolute atomic E-state index is 11.8. The van der Waals surface area contributed by atoms with E-state index in [0.717, 1.165) is 19.3 Å². The highest BCUT2D eigenvalue weighted by atomic mass is 16.6. The SMILES string of the molecule is COC(=O)CC1CCCCN1C(=O)OC(C)C. The van der Waals surface area contributed by atoms with Crippen LogP contribution in [-0.4, -0.2) is 42.8 Å². The summed E-state index contributed by atoms with van der Waals surface area (Å²) >= 11 is 0. The van der Waals surface area contributed by atoms with Crippen LogP contribution in [0.1, 0.15) is 39.5 Å². The topological polar surface area (TPSA) is 55.8 Å². The molecule has 0 N–H and O–H groups in total. The van der Waals surface area contributed by atoms with Crippen molar-refractivity contribution in [2.24, 2.45) is 0 Å². The average Bonchev–Trinajstić information content (AvgIpc) is 2.28. The Bertz CT molecular complexity index is 278. The molecule has 0 aliphatic carbocycles. The minimum atomic E-state index is -0.325. The highest BCUT2D eigenvalue weighted by Crippen LogP contribution is 2.21. The molecule has 1 amide bonds. The highest BCUT2D eigenvalue weighted by molar-refractivity contribution is 5.73. The molecule has 1 saturated heterocycles. The molecular weight excluding hydrogens is 222 g/mol. The summed E-state index contributed by atoms with van der Waals surface area (Å²) in [5.41, 5.74) is 0. The van der Waals surface area contributed by atoms with E-state index in [9.17, 15) is 9.59 Å². The third-order valence-electron chi connectivity index (χ3n) is 2.83. The number of nitrogens with zero attached hydrogens (tertiary/aromatic N) is 1. The van der Waals surface area contributed by atoms with Gasteiger partial charge in [-0.1, -0.05) is 0 Å². The van der Waals surface area contributed by atoms with Crippen LogP contribution in [0.25, 0.3) is 0 Å². The van der Waals surface area contributed by atoms with E-state index in [-0.39, 0.29) is 30.6 Å². The molecule has 1 aliphatic heterocycles. The van der Waals surface area contributed by atoms with Crippen molar-refractivity contribution in [2.45, 2.75) is 51.7 Å². The Hall–Kier alpha value is -1.26. The monoisotopic (exact) mass is 243 g/mol. The van der Waals surface area contributed by atoms with Crippen LogP contribution in [0.2, 0.25) is 0 Å². The van der Waals surface area contributed by atoms with Gasteiger partial charge in [0.1, 0.15) is 0 Å². The van der Waals surface area contributed by atoms with Gasteiger partial charge in [-0.05, 0) is 33.1 Å². The number of rotatable bonds is 3. The van der Waals surface area contributed by atoms with Crippen LogP contribution in [0.15, 0.2) is 0 Å². The Kier molecular flexibility index (Phi) is 5.25. The van der Waals surface area contributed by atoms with Crippen molar-refractivity contribution in [2.75, 3.05) is 13.7 Å². The number of esters is 1. The fraction of sp³-hybridized carbons (Fsp3) is 0.833. The molecule has 0 radical (unpaired) electrons. The lowest BCUT2D eigenvalue weighted by molar-refractivity contribution is -0.142. The summed E-state index contributed by atoms with van der Waals surface area (Å²) in [6.45, 7) is 4.29. The fourth-order valence-electron chi connectivity index (χ4n) is 2.00. The number of carbonyl (C=O) groups excluding carboxylic acids is 2. The van der Waals surface area contributed by atoms with Crippen molar-refractivity contribution in [1.29, 1.82) is 0 Å². The first-order valence-corrected chi connectivity index (χ1v) is 6.08. The van der Waals surface area contributed by atoms with Gasteiger partial charge in [0.05, 0.1) is 19.6 Å². The van der Waals surface area contributed by atoms with Gasteiger partial charge < -0.3 is 14.4 Å². The molecule has 1 unspecified atom stereocenters. The third-order valence-corrected chi connectivity index (χ3v) is 2.83. The molecule has 1 atom stereocenters. The van der Waals surface area contributed by atoms with Gasteiger partial charge in [0, 0.05) is 12.6 Å². The first kappa shape index (κ1) is 13.8. The Labute approximate surface area is 102 Å². The molecule has 0 bridgehead atoms. The minimum absolute atomic E-state index is 0.0811. The van der Waals surface area contributed by atoms with Crippen LogP contribution in [0.5, 0.6) is 0 Å². The van der Waals surface area contributed by atoms with E-state index in [1.807, 2.05) is 13.8 Å². The Balaban J connectivity index is 2.58. The third kappa shape index (κ3) is 4.24. The molecule has 5 heteroatoms. The van der Waals surface area contributed by atoms with Crippen LogP contribution in [-0.2, 0) is 14.3 Å². The molecule has 0 saturated carbocycles. The predicted octanol–water partition coefficient (Wildman–Crippen LogP) is 1.95. The predicted molar refractivity (Wildman–Crippen MR) is 62.6 cm³/mol. The maximum atomic E-state index is 11.8. The summed E-state index contributed by atoms with van der Waals surface area (Å²) in [5, 5.41) is 0. The molecule has 1 heterocycles. The van der Waals surface area contributed by atoms with E-state index in [1.54, 1.807) is 4.90 Å². The van der Waals surface area contributed by atoms with Crippen molar-refractivity contribution in [3.63, 3.8) is 0 Å². The number of ether oxygens (including phenoxy) is 2. The van der Waals surface area contributed by atoms with Crippen molar-refractivity contribution in [3.05, 3.63) is 0 Å². The average molecular weight is 243 g/mol. The quantitative estimate of drug-likeness (QED) is 0.711. The summed E-state index contributed by atoms with van der Waals surface area (Å²) < 4.78 is 9.81. The second kappa shape index (κ2) is 6.47. The van der Waals surface area contributed by atoms with Gasteiger partial charge in [-0.3, -0.25) is 4.79 Å². The molecule has 0 aromatic heterocycles. The molecule has 1 rings (SSSR count). The van der Waals surface area contributed by atoms with E-state index >= 15 is 0 Å². The molecule has 0 spiro atoms. The first-order valence-electron chi connectivity index (χ1n) is 6.08. The molecule has 0 aromatic rings. The summed E-state index contributed by atoms with van der Waals surface area (Å²) in [6, 6.07) is -0.0811. The van der Waals surface area contributed by atoms with Crippen molar-refractivity contribution in [1.82, 2.24) is 4.90 Å². The molecular formula is C12H21NO4. The zero-order valence-corrected chi connectivity index (χ0v) is 10.8. The number of hydrogen-bond donors (Lipinski definition) is 0. The number of amides is 1. The summed E-state index contributed by atoms with van der Waals surface area (Å²) in [4.78, 5) is 24.8. The second-order valence-corrected chi connectivity index (χ2v) is 4.56. The standard InChI is InChI=1S/C12H21NO4/c1-9(2)17-12(15)13-7-5-4-6-10(13)8-11(14)16-3/h9-10H,4-8H2,1-3H3. The Morgan fingerprint density at radius 3 is 2.65 bits per heavy atom. The Morgan fingerprint density at radius 1 is 1.35 bits per heavy atom. The van der Waals surface area contributed by atoms with Crippen LogP contribution in [0, 0.1) is 0 Å². The lowest BCUT2D eigenvalue weighted by atomic mass is 10.00. The molecule has 1 aliphatic rings. The molecule has 0 aromatic carbocycles. The number of hydrogen-bond acceptors (Lipinski definition) is 4. The van der Waals surface area contributed by atoms with Gasteiger partial charge in [-0.2, -0.15) is 0 Å². The molecule has 98 valence electrons. The van der Waals surface area contributed by atoms with Crippen molar-refractivity contribution in [3.8, 4) is 0 Å². The second-order valence-electron chi connectivity index (χ2n) is 4.56. The largest absolute Gasteiger partial charge is 0.469 e. The highest BCUT2D eigenvalue weighted by Gasteiger charge is 2.30.